The quantitative estimate of drug-likeness (QED) is 0.836. The van der Waals surface area contributed by atoms with Crippen molar-refractivity contribution in [1.82, 2.24) is 0 Å². The maximum atomic E-state index is 12.6. The van der Waals surface area contributed by atoms with E-state index in [4.69, 9.17) is 4.74 Å². The number of nitrogens with one attached hydrogen (secondary N) is 1. The third kappa shape index (κ3) is 4.30. The summed E-state index contributed by atoms with van der Waals surface area (Å²) in [7, 11) is 1.59. The van der Waals surface area contributed by atoms with Crippen LogP contribution in [0.25, 0.3) is 0 Å². The lowest BCUT2D eigenvalue weighted by molar-refractivity contribution is -0.120. The Hall–Kier alpha value is -2.82. The van der Waals surface area contributed by atoms with E-state index in [2.05, 4.69) is 25.2 Å². The molecule has 0 spiro atoms. The highest BCUT2D eigenvalue weighted by Crippen LogP contribution is 2.40. The lowest BCUT2D eigenvalue weighted by Crippen LogP contribution is -2.42. The molecule has 2 aromatic rings. The molecule has 0 aromatic heterocycles. The van der Waals surface area contributed by atoms with Crippen molar-refractivity contribution < 1.29 is 14.3 Å². The molecule has 1 heterocycles. The molecule has 142 valence electrons. The van der Waals surface area contributed by atoms with Gasteiger partial charge in [0.15, 0.2) is 0 Å². The van der Waals surface area contributed by atoms with Crippen LogP contribution in [-0.2, 0) is 15.0 Å². The highest BCUT2D eigenvalue weighted by atomic mass is 16.5. The minimum absolute atomic E-state index is 0.0682. The molecule has 0 unspecified atom stereocenters. The van der Waals surface area contributed by atoms with E-state index in [0.717, 1.165) is 5.69 Å². The maximum absolute atomic E-state index is 12.6. The predicted octanol–water partition coefficient (Wildman–Crippen LogP) is 4.13. The molecule has 0 radical (unpaired) electrons. The van der Waals surface area contributed by atoms with Crippen molar-refractivity contribution in [3.8, 4) is 5.75 Å². The summed E-state index contributed by atoms with van der Waals surface area (Å²) in [6.07, 6.45) is 1.45. The zero-order valence-corrected chi connectivity index (χ0v) is 16.1. The second-order valence-electron chi connectivity index (χ2n) is 7.51. The van der Waals surface area contributed by atoms with Crippen LogP contribution in [0, 0.1) is 0 Å². The summed E-state index contributed by atoms with van der Waals surface area (Å²) >= 11 is 0. The van der Waals surface area contributed by atoms with Crippen molar-refractivity contribution in [3.63, 3.8) is 0 Å². The van der Waals surface area contributed by atoms with Gasteiger partial charge in [0.1, 0.15) is 5.75 Å². The van der Waals surface area contributed by atoms with Crippen LogP contribution in [0.4, 0.5) is 11.4 Å². The molecule has 5 nitrogen and oxygen atoms in total. The summed E-state index contributed by atoms with van der Waals surface area (Å²) in [5.41, 5.74) is 2.70. The number of anilines is 2. The van der Waals surface area contributed by atoms with Crippen molar-refractivity contribution >= 4 is 23.2 Å². The molecule has 1 aliphatic rings. The number of carbonyl (C=O) groups excluding carboxylic acids is 2. The molecule has 0 saturated carbocycles. The molecule has 0 aliphatic carbocycles. The van der Waals surface area contributed by atoms with Crippen molar-refractivity contribution in [1.29, 1.82) is 0 Å². The highest BCUT2D eigenvalue weighted by molar-refractivity contribution is 5.98. The van der Waals surface area contributed by atoms with Gasteiger partial charge in [-0.2, -0.15) is 0 Å². The van der Waals surface area contributed by atoms with Gasteiger partial charge < -0.3 is 15.0 Å². The van der Waals surface area contributed by atoms with Crippen molar-refractivity contribution in [2.75, 3.05) is 23.9 Å². The van der Waals surface area contributed by atoms with Crippen LogP contribution in [-0.4, -0.2) is 25.5 Å². The van der Waals surface area contributed by atoms with Crippen LogP contribution >= 0.6 is 0 Å². The van der Waals surface area contributed by atoms with Crippen LogP contribution in [0.3, 0.4) is 0 Å². The molecule has 0 bridgehead atoms. The largest absolute Gasteiger partial charge is 0.497 e. The second-order valence-corrected chi connectivity index (χ2v) is 7.51. The van der Waals surface area contributed by atoms with Gasteiger partial charge in [0, 0.05) is 42.2 Å². The van der Waals surface area contributed by atoms with Crippen molar-refractivity contribution in [3.05, 3.63) is 54.1 Å². The van der Waals surface area contributed by atoms with E-state index < -0.39 is 0 Å². The van der Waals surface area contributed by atoms with E-state index in [1.807, 2.05) is 41.3 Å². The molecular weight excluding hydrogens is 340 g/mol. The van der Waals surface area contributed by atoms with Crippen LogP contribution < -0.4 is 15.0 Å². The number of ether oxygens (including phenoxy) is 1. The molecule has 0 atom stereocenters. The van der Waals surface area contributed by atoms with Crippen LogP contribution in [0.5, 0.6) is 5.75 Å². The molecule has 1 N–H and O–H groups in total. The van der Waals surface area contributed by atoms with E-state index in [9.17, 15) is 9.59 Å². The molecule has 1 aliphatic heterocycles. The fraction of sp³-hybridized carbons (Fsp3) is 0.364. The number of benzene rings is 2. The first-order valence-electron chi connectivity index (χ1n) is 9.24. The summed E-state index contributed by atoms with van der Waals surface area (Å²) in [4.78, 5) is 26.7. The number of nitrogens with zero attached hydrogens (tertiary/aromatic N) is 1. The lowest BCUT2D eigenvalue weighted by Gasteiger charge is -2.38. The van der Waals surface area contributed by atoms with Gasteiger partial charge in [-0.15, -0.1) is 0 Å². The molecule has 0 saturated heterocycles. The number of fused-ring (bicyclic) bond motifs is 1. The first kappa shape index (κ1) is 19.0. The number of methoxy groups -OCH3 is 1. The Morgan fingerprint density at radius 1 is 1.19 bits per heavy atom. The van der Waals surface area contributed by atoms with Gasteiger partial charge in [-0.25, -0.2) is 0 Å². The molecule has 5 heteroatoms. The summed E-state index contributed by atoms with van der Waals surface area (Å²) in [5, 5.41) is 2.88. The third-order valence-electron chi connectivity index (χ3n) is 4.96. The Labute approximate surface area is 160 Å². The zero-order valence-electron chi connectivity index (χ0n) is 16.1. The Morgan fingerprint density at radius 2 is 1.96 bits per heavy atom. The molecule has 0 fully saturated rings. The number of hydrogen-bond donors (Lipinski definition) is 1. The van der Waals surface area contributed by atoms with E-state index in [0.29, 0.717) is 37.2 Å². The first-order chi connectivity index (χ1) is 12.9. The van der Waals surface area contributed by atoms with Gasteiger partial charge in [0.05, 0.1) is 7.11 Å². The maximum Gasteiger partial charge on any atom is 0.227 e. The van der Waals surface area contributed by atoms with Gasteiger partial charge in [-0.3, -0.25) is 9.59 Å². The lowest BCUT2D eigenvalue weighted by atomic mass is 9.77. The van der Waals surface area contributed by atoms with Crippen molar-refractivity contribution in [2.45, 2.75) is 38.5 Å². The molecule has 2 aromatic carbocycles. The van der Waals surface area contributed by atoms with Gasteiger partial charge in [-0.05, 0) is 30.2 Å². The zero-order chi connectivity index (χ0) is 19.4. The number of hydrogen-bond acceptors (Lipinski definition) is 3. The van der Waals surface area contributed by atoms with Gasteiger partial charge >= 0.3 is 0 Å². The number of carbonyl (C=O) groups is 2. The normalized spacial score (nSPS) is 15.2. The first-order valence-corrected chi connectivity index (χ1v) is 9.24. The van der Waals surface area contributed by atoms with Crippen LogP contribution in [0.2, 0.25) is 0 Å². The minimum atomic E-state index is -0.159. The van der Waals surface area contributed by atoms with Gasteiger partial charge in [0.25, 0.3) is 0 Å². The monoisotopic (exact) mass is 366 g/mol. The van der Waals surface area contributed by atoms with E-state index in [1.54, 1.807) is 13.2 Å². The number of rotatable bonds is 6. The van der Waals surface area contributed by atoms with E-state index in [-0.39, 0.29) is 17.2 Å². The minimum Gasteiger partial charge on any atom is -0.497 e. The third-order valence-corrected chi connectivity index (χ3v) is 4.96. The predicted molar refractivity (Wildman–Crippen MR) is 107 cm³/mol. The fourth-order valence-electron chi connectivity index (χ4n) is 3.55. The van der Waals surface area contributed by atoms with E-state index in [1.165, 1.54) is 5.56 Å². The standard InChI is InChI=1S/C22H26N2O3/c1-22(2)15-21(26)24(19-11-5-4-10-18(19)22)13-7-12-20(25)23-16-8-6-9-17(14-16)27-3/h4-6,8-11,14H,7,12-13,15H2,1-3H3,(H,23,25). The average Bonchev–Trinajstić information content (AvgIpc) is 2.64. The molecular formula is C22H26N2O3. The van der Waals surface area contributed by atoms with Crippen LogP contribution in [0.1, 0.15) is 38.7 Å². The van der Waals surface area contributed by atoms with Gasteiger partial charge in [-0.1, -0.05) is 38.1 Å². The Kier molecular flexibility index (Phi) is 5.49. The van der Waals surface area contributed by atoms with Crippen molar-refractivity contribution in [2.24, 2.45) is 0 Å². The molecule has 2 amide bonds. The molecule has 3 rings (SSSR count). The average molecular weight is 366 g/mol. The second kappa shape index (κ2) is 7.82. The highest BCUT2D eigenvalue weighted by Gasteiger charge is 2.35. The Bertz CT molecular complexity index is 845. The number of para-hydroxylation sites is 1. The van der Waals surface area contributed by atoms with E-state index >= 15 is 0 Å². The Morgan fingerprint density at radius 3 is 2.74 bits per heavy atom. The SMILES string of the molecule is COc1cccc(NC(=O)CCCN2C(=O)CC(C)(C)c3ccccc32)c1. The van der Waals surface area contributed by atoms with Crippen LogP contribution in [0.15, 0.2) is 48.5 Å². The summed E-state index contributed by atoms with van der Waals surface area (Å²) in [6.45, 7) is 4.74. The molecule has 27 heavy (non-hydrogen) atoms. The topological polar surface area (TPSA) is 58.6 Å². The number of amides is 2. The Balaban J connectivity index is 1.60. The summed E-state index contributed by atoms with van der Waals surface area (Å²) in [6, 6.07) is 15.3. The van der Waals surface area contributed by atoms with Gasteiger partial charge in [0.2, 0.25) is 11.8 Å². The fourth-order valence-corrected chi connectivity index (χ4v) is 3.55. The summed E-state index contributed by atoms with van der Waals surface area (Å²) in [5.74, 6) is 0.749. The smallest absolute Gasteiger partial charge is 0.227 e. The summed E-state index contributed by atoms with van der Waals surface area (Å²) < 4.78 is 5.16.